The first kappa shape index (κ1) is 7.98. The first-order valence-corrected chi connectivity index (χ1v) is 5.93. The average molecular weight is 239 g/mol. The molecule has 18 heavy (non-hydrogen) atoms. The van der Waals surface area contributed by atoms with Gasteiger partial charge in [0.1, 0.15) is 0 Å². The smallest absolute Gasteiger partial charge is 0.0641 e. The summed E-state index contributed by atoms with van der Waals surface area (Å²) in [6.45, 7) is -2.06. The number of hydrogen-bond acceptors (Lipinski definition) is 0. The van der Waals surface area contributed by atoms with E-state index in [1.54, 1.807) is 12.1 Å². The minimum absolute atomic E-state index is 0.0423. The lowest BCUT2D eigenvalue weighted by Crippen LogP contribution is -2.04. The molecule has 0 aliphatic rings. The van der Waals surface area contributed by atoms with E-state index < -0.39 is 6.85 Å². The SMILES string of the molecule is [2H]C([2H])([2H])c1ccc(C(c2ccc[nH]2)c2ccc[nH]2)cc1. The fraction of sp³-hybridized carbons (Fsp3) is 0.125. The van der Waals surface area contributed by atoms with Crippen LogP contribution in [0.15, 0.2) is 60.9 Å². The third kappa shape index (κ3) is 1.97. The summed E-state index contributed by atoms with van der Waals surface area (Å²) in [6.07, 6.45) is 3.78. The molecular formula is C16H16N2. The van der Waals surface area contributed by atoms with E-state index in [0.717, 1.165) is 17.0 Å². The van der Waals surface area contributed by atoms with Gasteiger partial charge in [0, 0.05) is 27.9 Å². The van der Waals surface area contributed by atoms with Crippen LogP contribution < -0.4 is 0 Å². The summed E-state index contributed by atoms with van der Waals surface area (Å²) in [5.41, 5.74) is 3.55. The number of aryl methyl sites for hydroxylation is 1. The van der Waals surface area contributed by atoms with Gasteiger partial charge in [-0.25, -0.2) is 0 Å². The van der Waals surface area contributed by atoms with Crippen molar-refractivity contribution < 1.29 is 4.11 Å². The highest BCUT2D eigenvalue weighted by Crippen LogP contribution is 2.29. The first-order chi connectivity index (χ1) is 10.1. The summed E-state index contributed by atoms with van der Waals surface area (Å²) < 4.78 is 22.4. The molecular weight excluding hydrogens is 220 g/mol. The molecule has 0 atom stereocenters. The Kier molecular flexibility index (Phi) is 2.03. The van der Waals surface area contributed by atoms with Crippen LogP contribution in [0.1, 0.15) is 32.5 Å². The van der Waals surface area contributed by atoms with E-state index >= 15 is 0 Å². The van der Waals surface area contributed by atoms with Crippen LogP contribution >= 0.6 is 0 Å². The molecule has 3 aromatic rings. The second kappa shape index (κ2) is 4.57. The molecule has 0 unspecified atom stereocenters. The van der Waals surface area contributed by atoms with Gasteiger partial charge in [0.05, 0.1) is 5.92 Å². The van der Waals surface area contributed by atoms with Crippen LogP contribution in [0.2, 0.25) is 0 Å². The van der Waals surface area contributed by atoms with Crippen molar-refractivity contribution in [1.29, 1.82) is 0 Å². The van der Waals surface area contributed by atoms with Crippen LogP contribution in [0.25, 0.3) is 0 Å². The standard InChI is InChI=1S/C16H16N2/c1-12-6-8-13(9-7-12)16(14-4-2-10-17-14)15-5-3-11-18-15/h2-11,16-18H,1H3/i1D3. The Bertz CT molecular complexity index is 646. The molecule has 2 nitrogen and oxygen atoms in total. The number of nitrogens with one attached hydrogen (secondary N) is 2. The second-order valence-corrected chi connectivity index (χ2v) is 4.31. The van der Waals surface area contributed by atoms with Gasteiger partial charge in [-0.1, -0.05) is 29.8 Å². The summed E-state index contributed by atoms with van der Waals surface area (Å²) >= 11 is 0. The lowest BCUT2D eigenvalue weighted by Gasteiger charge is -2.15. The van der Waals surface area contributed by atoms with Gasteiger partial charge in [-0.15, -0.1) is 0 Å². The topological polar surface area (TPSA) is 31.6 Å². The Morgan fingerprint density at radius 1 is 0.889 bits per heavy atom. The molecule has 90 valence electrons. The zero-order valence-corrected chi connectivity index (χ0v) is 9.85. The number of aromatic nitrogens is 2. The van der Waals surface area contributed by atoms with Gasteiger partial charge in [-0.3, -0.25) is 0 Å². The van der Waals surface area contributed by atoms with Gasteiger partial charge >= 0.3 is 0 Å². The van der Waals surface area contributed by atoms with Crippen LogP contribution in [-0.2, 0) is 0 Å². The monoisotopic (exact) mass is 239 g/mol. The quantitative estimate of drug-likeness (QED) is 0.696. The van der Waals surface area contributed by atoms with Crippen LogP contribution in [-0.4, -0.2) is 9.97 Å². The lowest BCUT2D eigenvalue weighted by molar-refractivity contribution is 0.897. The fourth-order valence-electron chi connectivity index (χ4n) is 2.25. The van der Waals surface area contributed by atoms with Crippen molar-refractivity contribution in [2.24, 2.45) is 0 Å². The van der Waals surface area contributed by atoms with Crippen LogP contribution in [0.5, 0.6) is 0 Å². The Balaban J connectivity index is 2.02. The Morgan fingerprint density at radius 2 is 1.50 bits per heavy atom. The first-order valence-electron chi connectivity index (χ1n) is 7.43. The van der Waals surface area contributed by atoms with Gasteiger partial charge in [-0.2, -0.15) is 0 Å². The van der Waals surface area contributed by atoms with Crippen molar-refractivity contribution in [2.45, 2.75) is 12.8 Å². The van der Waals surface area contributed by atoms with Gasteiger partial charge in [0.15, 0.2) is 0 Å². The van der Waals surface area contributed by atoms with E-state index in [4.69, 9.17) is 4.11 Å². The normalized spacial score (nSPS) is 14.2. The lowest BCUT2D eigenvalue weighted by atomic mass is 9.92. The molecule has 0 spiro atoms. The molecule has 0 fully saturated rings. The number of benzene rings is 1. The zero-order chi connectivity index (χ0) is 14.9. The molecule has 2 heterocycles. The molecule has 2 N–H and O–H groups in total. The highest BCUT2D eigenvalue weighted by Gasteiger charge is 2.17. The number of hydrogen-bond donors (Lipinski definition) is 2. The fourth-order valence-corrected chi connectivity index (χ4v) is 2.25. The van der Waals surface area contributed by atoms with Crippen molar-refractivity contribution in [1.82, 2.24) is 9.97 Å². The maximum Gasteiger partial charge on any atom is 0.0641 e. The van der Waals surface area contributed by atoms with E-state index in [-0.39, 0.29) is 5.92 Å². The highest BCUT2D eigenvalue weighted by atomic mass is 14.7. The molecule has 2 heteroatoms. The number of rotatable bonds is 3. The van der Waals surface area contributed by atoms with E-state index in [1.165, 1.54) is 0 Å². The van der Waals surface area contributed by atoms with Crippen molar-refractivity contribution >= 4 is 0 Å². The van der Waals surface area contributed by atoms with Crippen molar-refractivity contribution in [3.63, 3.8) is 0 Å². The summed E-state index contributed by atoms with van der Waals surface area (Å²) in [6, 6.07) is 15.1. The van der Waals surface area contributed by atoms with Crippen molar-refractivity contribution in [3.8, 4) is 0 Å². The van der Waals surface area contributed by atoms with Gasteiger partial charge in [-0.05, 0) is 36.7 Å². The largest absolute Gasteiger partial charge is 0.364 e. The Morgan fingerprint density at radius 3 is 1.94 bits per heavy atom. The summed E-state index contributed by atoms with van der Waals surface area (Å²) in [4.78, 5) is 6.48. The van der Waals surface area contributed by atoms with E-state index in [0.29, 0.717) is 5.56 Å². The predicted molar refractivity (Wildman–Crippen MR) is 73.7 cm³/mol. The molecule has 1 aromatic carbocycles. The minimum Gasteiger partial charge on any atom is -0.364 e. The summed E-state index contributed by atoms with van der Waals surface area (Å²) in [5, 5.41) is 0. The molecule has 0 saturated carbocycles. The molecule has 3 rings (SSSR count). The Labute approximate surface area is 111 Å². The van der Waals surface area contributed by atoms with Crippen LogP contribution in [0, 0.1) is 6.85 Å². The van der Waals surface area contributed by atoms with Crippen molar-refractivity contribution in [2.75, 3.05) is 0 Å². The van der Waals surface area contributed by atoms with Crippen molar-refractivity contribution in [3.05, 3.63) is 83.4 Å². The van der Waals surface area contributed by atoms with Crippen LogP contribution in [0.3, 0.4) is 0 Å². The Hall–Kier alpha value is -2.22. The molecule has 0 aliphatic carbocycles. The average Bonchev–Trinajstić information content (AvgIpc) is 3.12. The molecule has 0 amide bonds. The van der Waals surface area contributed by atoms with Gasteiger partial charge in [0.25, 0.3) is 0 Å². The molecule has 0 aliphatic heterocycles. The second-order valence-electron chi connectivity index (χ2n) is 4.31. The number of H-pyrrole nitrogens is 2. The summed E-state index contributed by atoms with van der Waals surface area (Å²) in [5.74, 6) is 0.0423. The highest BCUT2D eigenvalue weighted by molar-refractivity contribution is 5.38. The van der Waals surface area contributed by atoms with E-state index in [2.05, 4.69) is 9.97 Å². The maximum atomic E-state index is 7.45. The molecule has 0 radical (unpaired) electrons. The molecule has 0 bridgehead atoms. The number of aromatic amines is 2. The van der Waals surface area contributed by atoms with E-state index in [9.17, 15) is 0 Å². The van der Waals surface area contributed by atoms with Crippen LogP contribution in [0.4, 0.5) is 0 Å². The third-order valence-corrected chi connectivity index (χ3v) is 3.11. The van der Waals surface area contributed by atoms with E-state index in [1.807, 2.05) is 48.8 Å². The maximum absolute atomic E-state index is 7.45. The summed E-state index contributed by atoms with van der Waals surface area (Å²) in [7, 11) is 0. The minimum atomic E-state index is -2.06. The van der Waals surface area contributed by atoms with Gasteiger partial charge in [0.2, 0.25) is 0 Å². The molecule has 2 aromatic heterocycles. The van der Waals surface area contributed by atoms with Gasteiger partial charge < -0.3 is 9.97 Å². The predicted octanol–water partition coefficient (Wildman–Crippen LogP) is 3.83. The molecule has 0 saturated heterocycles. The zero-order valence-electron chi connectivity index (χ0n) is 12.9. The third-order valence-electron chi connectivity index (χ3n) is 3.11.